The van der Waals surface area contributed by atoms with Gasteiger partial charge < -0.3 is 9.80 Å². The number of nitrogens with zero attached hydrogens (tertiary/aromatic N) is 3. The van der Waals surface area contributed by atoms with E-state index in [0.717, 1.165) is 6.42 Å². The van der Waals surface area contributed by atoms with Crippen molar-refractivity contribution in [1.29, 1.82) is 0 Å². The number of aromatic nitrogens is 1. The fraction of sp³-hybridized carbons (Fsp3) is 0.562. The van der Waals surface area contributed by atoms with Crippen LogP contribution in [0.15, 0.2) is 24.5 Å². The maximum Gasteiger partial charge on any atom is 0.397 e. The molecule has 4 heterocycles. The molecule has 24 heavy (non-hydrogen) atoms. The first-order chi connectivity index (χ1) is 11.3. The maximum absolute atomic E-state index is 12.6. The van der Waals surface area contributed by atoms with Gasteiger partial charge in [-0.05, 0) is 30.9 Å². The molecule has 2 atom stereocenters. The summed E-state index contributed by atoms with van der Waals surface area (Å²) in [5.41, 5.74) is 0.500. The van der Waals surface area contributed by atoms with Crippen LogP contribution in [-0.2, 0) is 4.79 Å². The van der Waals surface area contributed by atoms with Crippen molar-refractivity contribution in [2.24, 2.45) is 5.92 Å². The highest BCUT2D eigenvalue weighted by molar-refractivity contribution is 5.94. The van der Waals surface area contributed by atoms with Gasteiger partial charge in [-0.2, -0.15) is 13.2 Å². The minimum atomic E-state index is -4.50. The second kappa shape index (κ2) is 6.41. The first-order valence-corrected chi connectivity index (χ1v) is 7.89. The highest BCUT2D eigenvalue weighted by atomic mass is 19.4. The number of carbonyl (C=O) groups excluding carboxylic acids is 2. The van der Waals surface area contributed by atoms with E-state index >= 15 is 0 Å². The molecule has 1 aromatic heterocycles. The van der Waals surface area contributed by atoms with Crippen molar-refractivity contribution < 1.29 is 22.8 Å². The Kier molecular flexibility index (Phi) is 4.47. The van der Waals surface area contributed by atoms with Gasteiger partial charge in [0.15, 0.2) is 0 Å². The van der Waals surface area contributed by atoms with Gasteiger partial charge in [0.25, 0.3) is 5.91 Å². The minimum absolute atomic E-state index is 0.0201. The van der Waals surface area contributed by atoms with Gasteiger partial charge in [0.1, 0.15) is 6.42 Å². The predicted octanol–water partition coefficient (Wildman–Crippen LogP) is 2.10. The summed E-state index contributed by atoms with van der Waals surface area (Å²) >= 11 is 0. The number of amides is 2. The minimum Gasteiger partial charge on any atom is -0.337 e. The zero-order valence-electron chi connectivity index (χ0n) is 13.0. The number of pyridine rings is 1. The van der Waals surface area contributed by atoms with Crippen LogP contribution in [0.5, 0.6) is 0 Å². The Bertz CT molecular complexity index is 621. The highest BCUT2D eigenvalue weighted by Crippen LogP contribution is 2.31. The first kappa shape index (κ1) is 16.7. The first-order valence-electron chi connectivity index (χ1n) is 7.89. The quantitative estimate of drug-likeness (QED) is 0.828. The maximum atomic E-state index is 12.6. The third-order valence-electron chi connectivity index (χ3n) is 4.60. The van der Waals surface area contributed by atoms with Crippen molar-refractivity contribution in [3.05, 3.63) is 30.1 Å². The van der Waals surface area contributed by atoms with Gasteiger partial charge in [0.2, 0.25) is 5.91 Å². The number of fused-ring (bicyclic) bond motifs is 4. The third kappa shape index (κ3) is 3.68. The Balaban J connectivity index is 1.74. The molecule has 5 nitrogen and oxygen atoms in total. The van der Waals surface area contributed by atoms with E-state index in [1.165, 1.54) is 17.3 Å². The van der Waals surface area contributed by atoms with Gasteiger partial charge in [-0.1, -0.05) is 0 Å². The summed E-state index contributed by atoms with van der Waals surface area (Å²) in [6.45, 7) is 1.04. The van der Waals surface area contributed by atoms with Gasteiger partial charge in [-0.25, -0.2) is 0 Å². The Hall–Kier alpha value is -2.12. The lowest BCUT2D eigenvalue weighted by atomic mass is 9.94. The molecule has 0 unspecified atom stereocenters. The average Bonchev–Trinajstić information content (AvgIpc) is 2.85. The molecule has 2 bridgehead atoms. The number of hydrogen-bond acceptors (Lipinski definition) is 3. The monoisotopic (exact) mass is 341 g/mol. The summed E-state index contributed by atoms with van der Waals surface area (Å²) < 4.78 is 37.5. The van der Waals surface area contributed by atoms with Gasteiger partial charge in [0.05, 0.1) is 0 Å². The van der Waals surface area contributed by atoms with Crippen LogP contribution in [0.1, 0.15) is 29.6 Å². The second-order valence-electron chi connectivity index (χ2n) is 6.38. The Morgan fingerprint density at radius 3 is 2.50 bits per heavy atom. The SMILES string of the molecule is O=C(c1ccncc1)N1C[C@H]2CC[C@@H](C1)N(C(=O)CC(F)(F)F)C2. The molecular weight excluding hydrogens is 323 g/mol. The van der Waals surface area contributed by atoms with E-state index in [1.807, 2.05) is 0 Å². The van der Waals surface area contributed by atoms with Crippen molar-refractivity contribution in [1.82, 2.24) is 14.8 Å². The van der Waals surface area contributed by atoms with E-state index in [1.54, 1.807) is 17.0 Å². The Morgan fingerprint density at radius 2 is 1.83 bits per heavy atom. The largest absolute Gasteiger partial charge is 0.397 e. The molecule has 0 spiro atoms. The summed E-state index contributed by atoms with van der Waals surface area (Å²) in [6, 6.07) is 2.88. The molecule has 4 rings (SSSR count). The molecule has 3 saturated heterocycles. The van der Waals surface area contributed by atoms with Crippen LogP contribution in [0.2, 0.25) is 0 Å². The van der Waals surface area contributed by atoms with Gasteiger partial charge in [-0.15, -0.1) is 0 Å². The zero-order valence-corrected chi connectivity index (χ0v) is 13.0. The van der Waals surface area contributed by atoms with Gasteiger partial charge in [-0.3, -0.25) is 14.6 Å². The Labute approximate surface area is 137 Å². The highest BCUT2D eigenvalue weighted by Gasteiger charge is 2.41. The van der Waals surface area contributed by atoms with Crippen molar-refractivity contribution in [3.63, 3.8) is 0 Å². The summed E-state index contributed by atoms with van der Waals surface area (Å²) in [5.74, 6) is -1.04. The molecule has 0 aromatic carbocycles. The number of hydrogen-bond donors (Lipinski definition) is 0. The van der Waals surface area contributed by atoms with Crippen LogP contribution in [0, 0.1) is 5.92 Å². The fourth-order valence-corrected chi connectivity index (χ4v) is 3.50. The molecule has 0 saturated carbocycles. The molecule has 3 aliphatic heterocycles. The fourth-order valence-electron chi connectivity index (χ4n) is 3.50. The Morgan fingerprint density at radius 1 is 1.12 bits per heavy atom. The molecular formula is C16H18F3N3O2. The van der Waals surface area contributed by atoms with Crippen LogP contribution in [0.25, 0.3) is 0 Å². The number of alkyl halides is 3. The number of rotatable bonds is 2. The summed E-state index contributed by atoms with van der Waals surface area (Å²) in [6.07, 6.45) is -1.43. The lowest BCUT2D eigenvalue weighted by molar-refractivity contribution is -0.164. The zero-order chi connectivity index (χ0) is 17.3. The predicted molar refractivity (Wildman–Crippen MR) is 79.0 cm³/mol. The van der Waals surface area contributed by atoms with Crippen LogP contribution >= 0.6 is 0 Å². The number of carbonyl (C=O) groups is 2. The topological polar surface area (TPSA) is 53.5 Å². The summed E-state index contributed by atoms with van der Waals surface area (Å²) in [7, 11) is 0. The molecule has 0 radical (unpaired) electrons. The lowest BCUT2D eigenvalue weighted by Crippen LogP contribution is -2.48. The van der Waals surface area contributed by atoms with Crippen molar-refractivity contribution in [3.8, 4) is 0 Å². The lowest BCUT2D eigenvalue weighted by Gasteiger charge is -2.36. The molecule has 2 amide bonds. The summed E-state index contributed by atoms with van der Waals surface area (Å²) in [4.78, 5) is 31.4. The van der Waals surface area contributed by atoms with E-state index in [2.05, 4.69) is 4.98 Å². The molecule has 3 fully saturated rings. The van der Waals surface area contributed by atoms with Crippen LogP contribution in [0.4, 0.5) is 13.2 Å². The van der Waals surface area contributed by atoms with Crippen LogP contribution in [-0.4, -0.2) is 58.5 Å². The van der Waals surface area contributed by atoms with Gasteiger partial charge in [0, 0.05) is 43.6 Å². The third-order valence-corrected chi connectivity index (χ3v) is 4.60. The van der Waals surface area contributed by atoms with Crippen LogP contribution < -0.4 is 0 Å². The molecule has 1 aromatic rings. The van der Waals surface area contributed by atoms with E-state index in [0.29, 0.717) is 25.1 Å². The smallest absolute Gasteiger partial charge is 0.337 e. The van der Waals surface area contributed by atoms with E-state index < -0.39 is 18.5 Å². The van der Waals surface area contributed by atoms with Crippen LogP contribution in [0.3, 0.4) is 0 Å². The van der Waals surface area contributed by atoms with Crippen molar-refractivity contribution in [2.45, 2.75) is 31.5 Å². The standard InChI is InChI=1S/C16H18F3N3O2/c17-16(18,19)7-14(23)22-9-11-1-2-13(22)10-21(8-11)15(24)12-3-5-20-6-4-12/h3-6,11,13H,1-2,7-10H2/t11-,13+/m1/s1. The number of piperidine rings is 1. The number of halogens is 3. The molecule has 0 N–H and O–H groups in total. The molecule has 8 heteroatoms. The summed E-state index contributed by atoms with van der Waals surface area (Å²) in [5, 5.41) is 0. The normalized spacial score (nSPS) is 24.0. The molecule has 3 aliphatic rings. The van der Waals surface area contributed by atoms with E-state index in [9.17, 15) is 22.8 Å². The average molecular weight is 341 g/mol. The molecule has 0 aliphatic carbocycles. The van der Waals surface area contributed by atoms with E-state index in [4.69, 9.17) is 0 Å². The van der Waals surface area contributed by atoms with Crippen molar-refractivity contribution >= 4 is 11.8 Å². The molecule has 130 valence electrons. The van der Waals surface area contributed by atoms with E-state index in [-0.39, 0.29) is 24.4 Å². The van der Waals surface area contributed by atoms with Gasteiger partial charge >= 0.3 is 6.18 Å². The second-order valence-corrected chi connectivity index (χ2v) is 6.38. The van der Waals surface area contributed by atoms with Crippen molar-refractivity contribution in [2.75, 3.05) is 19.6 Å².